The summed E-state index contributed by atoms with van der Waals surface area (Å²) in [5.74, 6) is 1.11. The van der Waals surface area contributed by atoms with Crippen LogP contribution in [0, 0.1) is 6.92 Å². The maximum atomic E-state index is 12.0. The van der Waals surface area contributed by atoms with Crippen LogP contribution in [0.3, 0.4) is 0 Å². The normalized spacial score (nSPS) is 10.6. The summed E-state index contributed by atoms with van der Waals surface area (Å²) >= 11 is 0. The van der Waals surface area contributed by atoms with E-state index in [0.717, 1.165) is 22.3 Å². The molecule has 3 aromatic carbocycles. The van der Waals surface area contributed by atoms with Crippen molar-refractivity contribution in [3.05, 3.63) is 96.2 Å². The van der Waals surface area contributed by atoms with E-state index in [2.05, 4.69) is 34.7 Å². The topological polar surface area (TPSA) is 64.4 Å². The van der Waals surface area contributed by atoms with Crippen molar-refractivity contribution in [3.63, 3.8) is 0 Å². The van der Waals surface area contributed by atoms with Crippen LogP contribution in [0.2, 0.25) is 0 Å². The molecule has 0 bridgehead atoms. The first kappa shape index (κ1) is 19.5. The summed E-state index contributed by atoms with van der Waals surface area (Å²) in [5, 5.41) is 6.83. The van der Waals surface area contributed by atoms with Gasteiger partial charge in [-0.25, -0.2) is 0 Å². The van der Waals surface area contributed by atoms with Crippen molar-refractivity contribution in [1.29, 1.82) is 0 Å². The van der Waals surface area contributed by atoms with Gasteiger partial charge in [-0.1, -0.05) is 77.5 Å². The van der Waals surface area contributed by atoms with Crippen molar-refractivity contribution in [2.24, 2.45) is 0 Å². The molecule has 0 unspecified atom stereocenters. The fourth-order valence-corrected chi connectivity index (χ4v) is 3.01. The van der Waals surface area contributed by atoms with Crippen LogP contribution in [0.4, 0.5) is 0 Å². The summed E-state index contributed by atoms with van der Waals surface area (Å²) in [4.78, 5) is 12.0. The van der Waals surface area contributed by atoms with Gasteiger partial charge in [0.2, 0.25) is 0 Å². The molecule has 5 heteroatoms. The van der Waals surface area contributed by atoms with Crippen LogP contribution in [0.25, 0.3) is 22.5 Å². The Bertz CT molecular complexity index is 1100. The number of carbonyl (C=O) groups excluding carboxylic acids is 1. The number of hydrogen-bond donors (Lipinski definition) is 1. The van der Waals surface area contributed by atoms with Gasteiger partial charge in [0.05, 0.1) is 6.54 Å². The molecule has 0 saturated carbocycles. The van der Waals surface area contributed by atoms with E-state index in [-0.39, 0.29) is 19.1 Å². The van der Waals surface area contributed by atoms with Gasteiger partial charge in [0.25, 0.3) is 5.91 Å². The summed E-state index contributed by atoms with van der Waals surface area (Å²) in [7, 11) is 0. The van der Waals surface area contributed by atoms with Gasteiger partial charge in [-0.3, -0.25) is 4.79 Å². The van der Waals surface area contributed by atoms with Gasteiger partial charge >= 0.3 is 0 Å². The average molecular weight is 398 g/mol. The highest BCUT2D eigenvalue weighted by atomic mass is 16.5. The zero-order valence-electron chi connectivity index (χ0n) is 16.7. The number of nitrogens with one attached hydrogen (secondary N) is 1. The first-order chi connectivity index (χ1) is 14.7. The van der Waals surface area contributed by atoms with Gasteiger partial charge in [0.15, 0.2) is 12.4 Å². The second-order valence-corrected chi connectivity index (χ2v) is 7.00. The molecule has 0 aliphatic carbocycles. The predicted octanol–water partition coefficient (Wildman–Crippen LogP) is 5.01. The van der Waals surface area contributed by atoms with E-state index < -0.39 is 0 Å². The largest absolute Gasteiger partial charge is 0.484 e. The molecule has 0 aliphatic heterocycles. The molecular formula is C25H22N2O3. The Balaban J connectivity index is 1.30. The van der Waals surface area contributed by atoms with Gasteiger partial charge in [0.1, 0.15) is 11.4 Å². The maximum Gasteiger partial charge on any atom is 0.258 e. The number of nitrogens with zero attached hydrogens (tertiary/aromatic N) is 1. The molecule has 0 saturated heterocycles. The van der Waals surface area contributed by atoms with Crippen LogP contribution < -0.4 is 10.1 Å². The standard InChI is InChI=1S/C25H22N2O3/c1-18-7-13-23(14-8-18)29-17-25(28)26-16-22-15-24(30-27-22)21-11-9-20(10-12-21)19-5-3-2-4-6-19/h2-15H,16-17H2,1H3,(H,26,28). The third-order valence-corrected chi connectivity index (χ3v) is 4.69. The van der Waals surface area contributed by atoms with Crippen molar-refractivity contribution in [1.82, 2.24) is 10.5 Å². The summed E-state index contributed by atoms with van der Waals surface area (Å²) in [6.07, 6.45) is 0. The van der Waals surface area contributed by atoms with Gasteiger partial charge in [-0.2, -0.15) is 0 Å². The molecule has 1 heterocycles. The van der Waals surface area contributed by atoms with E-state index >= 15 is 0 Å². The van der Waals surface area contributed by atoms with Crippen molar-refractivity contribution < 1.29 is 14.1 Å². The number of aromatic nitrogens is 1. The van der Waals surface area contributed by atoms with Crippen molar-refractivity contribution >= 4 is 5.91 Å². The lowest BCUT2D eigenvalue weighted by Gasteiger charge is -2.06. The maximum absolute atomic E-state index is 12.0. The Kier molecular flexibility index (Phi) is 5.90. The van der Waals surface area contributed by atoms with Crippen LogP contribution in [0.1, 0.15) is 11.3 Å². The number of aryl methyl sites for hydroxylation is 1. The van der Waals surface area contributed by atoms with Crippen LogP contribution in [0.15, 0.2) is 89.5 Å². The lowest BCUT2D eigenvalue weighted by molar-refractivity contribution is -0.123. The molecule has 30 heavy (non-hydrogen) atoms. The summed E-state index contributed by atoms with van der Waals surface area (Å²) < 4.78 is 10.9. The van der Waals surface area contributed by atoms with Crippen LogP contribution in [-0.4, -0.2) is 17.7 Å². The molecule has 1 N–H and O–H groups in total. The Morgan fingerprint density at radius 3 is 2.30 bits per heavy atom. The Labute approximate surface area is 175 Å². The van der Waals surface area contributed by atoms with E-state index in [1.54, 1.807) is 0 Å². The minimum absolute atomic E-state index is 0.0469. The van der Waals surface area contributed by atoms with Crippen molar-refractivity contribution in [3.8, 4) is 28.2 Å². The molecule has 0 spiro atoms. The molecule has 0 radical (unpaired) electrons. The average Bonchev–Trinajstić information content (AvgIpc) is 3.27. The summed E-state index contributed by atoms with van der Waals surface area (Å²) in [5.41, 5.74) is 5.03. The predicted molar refractivity (Wildman–Crippen MR) is 116 cm³/mol. The number of benzene rings is 3. The summed E-state index contributed by atoms with van der Waals surface area (Å²) in [6.45, 7) is 2.23. The molecule has 0 fully saturated rings. The minimum atomic E-state index is -0.215. The Morgan fingerprint density at radius 2 is 1.57 bits per heavy atom. The number of amides is 1. The van der Waals surface area contributed by atoms with Gasteiger partial charge < -0.3 is 14.6 Å². The SMILES string of the molecule is Cc1ccc(OCC(=O)NCc2cc(-c3ccc(-c4ccccc4)cc3)on2)cc1. The van der Waals surface area contributed by atoms with Crippen LogP contribution in [0.5, 0.6) is 5.75 Å². The number of hydrogen-bond acceptors (Lipinski definition) is 4. The van der Waals surface area contributed by atoms with Crippen molar-refractivity contribution in [2.75, 3.05) is 6.61 Å². The highest BCUT2D eigenvalue weighted by Gasteiger charge is 2.09. The zero-order valence-corrected chi connectivity index (χ0v) is 16.7. The van der Waals surface area contributed by atoms with E-state index in [1.807, 2.05) is 67.6 Å². The first-order valence-corrected chi connectivity index (χ1v) is 9.75. The molecule has 150 valence electrons. The molecule has 0 atom stereocenters. The smallest absolute Gasteiger partial charge is 0.258 e. The monoisotopic (exact) mass is 398 g/mol. The van der Waals surface area contributed by atoms with E-state index in [9.17, 15) is 4.79 Å². The van der Waals surface area contributed by atoms with Crippen molar-refractivity contribution in [2.45, 2.75) is 13.5 Å². The molecule has 4 rings (SSSR count). The van der Waals surface area contributed by atoms with Gasteiger partial charge in [-0.05, 0) is 30.2 Å². The fourth-order valence-electron chi connectivity index (χ4n) is 3.01. The quantitative estimate of drug-likeness (QED) is 0.475. The molecule has 0 aliphatic rings. The second kappa shape index (κ2) is 9.09. The lowest BCUT2D eigenvalue weighted by Crippen LogP contribution is -2.28. The Morgan fingerprint density at radius 1 is 0.900 bits per heavy atom. The first-order valence-electron chi connectivity index (χ1n) is 9.75. The molecular weight excluding hydrogens is 376 g/mol. The zero-order chi connectivity index (χ0) is 20.8. The second-order valence-electron chi connectivity index (χ2n) is 7.00. The fraction of sp³-hybridized carbons (Fsp3) is 0.120. The highest BCUT2D eigenvalue weighted by Crippen LogP contribution is 2.25. The third kappa shape index (κ3) is 4.94. The van der Waals surface area contributed by atoms with E-state index in [1.165, 1.54) is 0 Å². The van der Waals surface area contributed by atoms with Crippen LogP contribution >= 0.6 is 0 Å². The third-order valence-electron chi connectivity index (χ3n) is 4.69. The highest BCUT2D eigenvalue weighted by molar-refractivity contribution is 5.77. The van der Waals surface area contributed by atoms with Gasteiger partial charge in [0, 0.05) is 11.6 Å². The minimum Gasteiger partial charge on any atom is -0.484 e. The van der Waals surface area contributed by atoms with E-state index in [0.29, 0.717) is 17.2 Å². The Hall–Kier alpha value is -3.86. The summed E-state index contributed by atoms with van der Waals surface area (Å²) in [6, 6.07) is 27.7. The van der Waals surface area contributed by atoms with Gasteiger partial charge in [-0.15, -0.1) is 0 Å². The number of rotatable bonds is 7. The number of carbonyl (C=O) groups is 1. The number of ether oxygens (including phenoxy) is 1. The molecule has 1 aromatic heterocycles. The molecule has 1 amide bonds. The molecule has 4 aromatic rings. The molecule has 5 nitrogen and oxygen atoms in total. The van der Waals surface area contributed by atoms with Crippen LogP contribution in [-0.2, 0) is 11.3 Å². The van der Waals surface area contributed by atoms with E-state index in [4.69, 9.17) is 9.26 Å². The lowest BCUT2D eigenvalue weighted by atomic mass is 10.0.